The average Bonchev–Trinajstić information content (AvgIpc) is 2.46. The molecule has 0 bridgehead atoms. The number of piperazine rings is 1. The summed E-state index contributed by atoms with van der Waals surface area (Å²) in [6.45, 7) is 7.60. The third-order valence-corrected chi connectivity index (χ3v) is 3.99. The van der Waals surface area contributed by atoms with Crippen LogP contribution in [-0.2, 0) is 0 Å². The van der Waals surface area contributed by atoms with E-state index in [1.807, 2.05) is 4.90 Å². The van der Waals surface area contributed by atoms with Crippen LogP contribution >= 0.6 is 15.9 Å². The Balaban J connectivity index is 2.11. The van der Waals surface area contributed by atoms with Gasteiger partial charge >= 0.3 is 0 Å². The number of carbonyl (C=O) groups excluding carboxylic acids is 1. The summed E-state index contributed by atoms with van der Waals surface area (Å²) in [4.78, 5) is 20.9. The summed E-state index contributed by atoms with van der Waals surface area (Å²) >= 11 is 3.34. The maximum atomic E-state index is 12.6. The molecule has 110 valence electrons. The Morgan fingerprint density at radius 2 is 2.05 bits per heavy atom. The van der Waals surface area contributed by atoms with Crippen molar-refractivity contribution in [1.82, 2.24) is 14.8 Å². The molecule has 1 saturated heterocycles. The molecule has 2 rings (SSSR count). The number of amides is 1. The predicted molar refractivity (Wildman–Crippen MR) is 82.4 cm³/mol. The average molecular weight is 342 g/mol. The summed E-state index contributed by atoms with van der Waals surface area (Å²) in [6.07, 6.45) is 1.61. The Kier molecular flexibility index (Phi) is 4.95. The number of rotatable bonds is 3. The lowest BCUT2D eigenvalue weighted by Crippen LogP contribution is -2.50. The number of hydrogen-bond acceptors (Lipinski definition) is 5. The molecule has 0 spiro atoms. The van der Waals surface area contributed by atoms with Gasteiger partial charge in [0.15, 0.2) is 5.82 Å². The Morgan fingerprint density at radius 1 is 1.40 bits per heavy atom. The number of hydrazine groups is 1. The van der Waals surface area contributed by atoms with Gasteiger partial charge in [-0.1, -0.05) is 0 Å². The van der Waals surface area contributed by atoms with Crippen molar-refractivity contribution in [2.75, 3.05) is 31.6 Å². The van der Waals surface area contributed by atoms with E-state index in [9.17, 15) is 4.79 Å². The first-order valence-corrected chi connectivity index (χ1v) is 7.47. The van der Waals surface area contributed by atoms with E-state index in [1.54, 1.807) is 12.3 Å². The number of nitrogens with one attached hydrogen (secondary N) is 1. The molecule has 0 radical (unpaired) electrons. The second-order valence-electron chi connectivity index (χ2n) is 5.12. The first-order chi connectivity index (χ1) is 9.52. The van der Waals surface area contributed by atoms with E-state index in [4.69, 9.17) is 5.84 Å². The smallest absolute Gasteiger partial charge is 0.257 e. The highest BCUT2D eigenvalue weighted by Gasteiger charge is 2.25. The minimum atomic E-state index is -0.0323. The maximum absolute atomic E-state index is 12.6. The molecule has 6 nitrogen and oxygen atoms in total. The molecule has 0 unspecified atom stereocenters. The first-order valence-electron chi connectivity index (χ1n) is 6.68. The fraction of sp³-hybridized carbons (Fsp3) is 0.538. The van der Waals surface area contributed by atoms with E-state index in [0.717, 1.165) is 30.7 Å². The molecule has 20 heavy (non-hydrogen) atoms. The molecule has 1 aliphatic rings. The number of halogens is 1. The van der Waals surface area contributed by atoms with Crippen molar-refractivity contribution >= 4 is 27.7 Å². The SMILES string of the molecule is CC(C)N1CCN(C(=O)c2cc(Br)cnc2NN)CC1. The molecule has 1 fully saturated rings. The number of carbonyl (C=O) groups is 1. The normalized spacial score (nSPS) is 16.6. The molecule has 3 N–H and O–H groups in total. The summed E-state index contributed by atoms with van der Waals surface area (Å²) in [5.74, 6) is 5.80. The van der Waals surface area contributed by atoms with Gasteiger partial charge in [-0.2, -0.15) is 0 Å². The number of nitrogens with zero attached hydrogens (tertiary/aromatic N) is 3. The molecule has 2 heterocycles. The molecule has 0 saturated carbocycles. The number of pyridine rings is 1. The maximum Gasteiger partial charge on any atom is 0.257 e. The van der Waals surface area contributed by atoms with Gasteiger partial charge in [0, 0.05) is 42.9 Å². The van der Waals surface area contributed by atoms with E-state index < -0.39 is 0 Å². The minimum Gasteiger partial charge on any atom is -0.336 e. The second-order valence-corrected chi connectivity index (χ2v) is 6.03. The molecular weight excluding hydrogens is 322 g/mol. The zero-order valence-corrected chi connectivity index (χ0v) is 13.4. The lowest BCUT2D eigenvalue weighted by atomic mass is 10.2. The summed E-state index contributed by atoms with van der Waals surface area (Å²) in [5.41, 5.74) is 2.98. The van der Waals surface area contributed by atoms with Gasteiger partial charge in [-0.15, -0.1) is 0 Å². The van der Waals surface area contributed by atoms with Crippen molar-refractivity contribution < 1.29 is 4.79 Å². The molecular formula is C13H20BrN5O. The van der Waals surface area contributed by atoms with Crippen LogP contribution in [0.15, 0.2) is 16.7 Å². The fourth-order valence-electron chi connectivity index (χ4n) is 2.33. The first kappa shape index (κ1) is 15.2. The molecule has 1 aliphatic heterocycles. The second kappa shape index (κ2) is 6.51. The van der Waals surface area contributed by atoms with Gasteiger partial charge in [-0.3, -0.25) is 9.69 Å². The summed E-state index contributed by atoms with van der Waals surface area (Å²) in [7, 11) is 0. The number of hydrogen-bond donors (Lipinski definition) is 2. The molecule has 0 aliphatic carbocycles. The molecule has 1 amide bonds. The molecule has 7 heteroatoms. The highest BCUT2D eigenvalue weighted by atomic mass is 79.9. The fourth-order valence-corrected chi connectivity index (χ4v) is 2.66. The molecule has 0 aromatic carbocycles. The Labute approximate surface area is 127 Å². The zero-order chi connectivity index (χ0) is 14.7. The Morgan fingerprint density at radius 3 is 2.60 bits per heavy atom. The Bertz CT molecular complexity index is 486. The minimum absolute atomic E-state index is 0.0323. The van der Waals surface area contributed by atoms with Gasteiger partial charge in [0.25, 0.3) is 5.91 Å². The number of aromatic nitrogens is 1. The van der Waals surface area contributed by atoms with Gasteiger partial charge in [0.05, 0.1) is 5.56 Å². The van der Waals surface area contributed by atoms with E-state index >= 15 is 0 Å². The van der Waals surface area contributed by atoms with Gasteiger partial charge < -0.3 is 10.3 Å². The highest BCUT2D eigenvalue weighted by Crippen LogP contribution is 2.20. The van der Waals surface area contributed by atoms with Gasteiger partial charge in [0.1, 0.15) is 0 Å². The van der Waals surface area contributed by atoms with Crippen LogP contribution in [-0.4, -0.2) is 52.9 Å². The van der Waals surface area contributed by atoms with Gasteiger partial charge in [0.2, 0.25) is 0 Å². The van der Waals surface area contributed by atoms with Crippen LogP contribution in [0.4, 0.5) is 5.82 Å². The summed E-state index contributed by atoms with van der Waals surface area (Å²) < 4.78 is 0.765. The van der Waals surface area contributed by atoms with Crippen molar-refractivity contribution in [3.8, 4) is 0 Å². The van der Waals surface area contributed by atoms with Crippen LogP contribution in [0, 0.1) is 0 Å². The number of anilines is 1. The molecule has 0 atom stereocenters. The number of nitrogen functional groups attached to an aromatic ring is 1. The van der Waals surface area contributed by atoms with E-state index in [2.05, 4.69) is 45.1 Å². The topological polar surface area (TPSA) is 74.5 Å². The van der Waals surface area contributed by atoms with Crippen molar-refractivity contribution in [3.63, 3.8) is 0 Å². The molecule has 1 aromatic heterocycles. The quantitative estimate of drug-likeness (QED) is 0.640. The van der Waals surface area contributed by atoms with Crippen LogP contribution in [0.5, 0.6) is 0 Å². The summed E-state index contributed by atoms with van der Waals surface area (Å²) in [5, 5.41) is 0. The van der Waals surface area contributed by atoms with Crippen LogP contribution in [0.25, 0.3) is 0 Å². The predicted octanol–water partition coefficient (Wildman–Crippen LogP) is 1.30. The van der Waals surface area contributed by atoms with Gasteiger partial charge in [-0.25, -0.2) is 10.8 Å². The Hall–Kier alpha value is -1.18. The van der Waals surface area contributed by atoms with E-state index in [-0.39, 0.29) is 5.91 Å². The van der Waals surface area contributed by atoms with Crippen LogP contribution in [0.1, 0.15) is 24.2 Å². The van der Waals surface area contributed by atoms with Crippen molar-refractivity contribution in [2.24, 2.45) is 5.84 Å². The monoisotopic (exact) mass is 341 g/mol. The third-order valence-electron chi connectivity index (χ3n) is 3.55. The van der Waals surface area contributed by atoms with Crippen LogP contribution < -0.4 is 11.3 Å². The number of nitrogens with two attached hydrogens (primary N) is 1. The standard InChI is InChI=1S/C13H20BrN5O/c1-9(2)18-3-5-19(6-4-18)13(20)11-7-10(14)8-16-12(11)17-15/h7-9H,3-6,15H2,1-2H3,(H,16,17). The van der Waals surface area contributed by atoms with Gasteiger partial charge in [-0.05, 0) is 35.8 Å². The van der Waals surface area contributed by atoms with Crippen molar-refractivity contribution in [3.05, 3.63) is 22.3 Å². The van der Waals surface area contributed by atoms with Crippen molar-refractivity contribution in [1.29, 1.82) is 0 Å². The largest absolute Gasteiger partial charge is 0.336 e. The third kappa shape index (κ3) is 3.28. The summed E-state index contributed by atoms with van der Waals surface area (Å²) in [6, 6.07) is 2.26. The van der Waals surface area contributed by atoms with E-state index in [0.29, 0.717) is 17.4 Å². The molecule has 1 aromatic rings. The van der Waals surface area contributed by atoms with Crippen LogP contribution in [0.3, 0.4) is 0 Å². The van der Waals surface area contributed by atoms with Crippen LogP contribution in [0.2, 0.25) is 0 Å². The zero-order valence-electron chi connectivity index (χ0n) is 11.8. The van der Waals surface area contributed by atoms with Crippen molar-refractivity contribution in [2.45, 2.75) is 19.9 Å². The lowest BCUT2D eigenvalue weighted by molar-refractivity contribution is 0.0596. The highest BCUT2D eigenvalue weighted by molar-refractivity contribution is 9.10. The van der Waals surface area contributed by atoms with E-state index in [1.165, 1.54) is 0 Å². The lowest BCUT2D eigenvalue weighted by Gasteiger charge is -2.37.